The zero-order chi connectivity index (χ0) is 29.3. The van der Waals surface area contributed by atoms with Crippen LogP contribution in [-0.4, -0.2) is 5.71 Å². The Hall–Kier alpha value is -4.37. The van der Waals surface area contributed by atoms with Crippen LogP contribution in [0.25, 0.3) is 27.8 Å². The predicted octanol–water partition coefficient (Wildman–Crippen LogP) is 12.2. The first kappa shape index (κ1) is 34.7. The fraction of sp³-hybridized carbons (Fsp3) is 0.237. The molecular weight excluding hydrogens is 498 g/mol. The van der Waals surface area contributed by atoms with Crippen molar-refractivity contribution in [1.29, 1.82) is 5.53 Å². The number of hydrogen-bond donors (Lipinski definition) is 1. The zero-order valence-electron chi connectivity index (χ0n) is 25.1. The molecule has 0 unspecified atom stereocenters. The molecule has 0 amide bonds. The van der Waals surface area contributed by atoms with Gasteiger partial charge in [-0.15, -0.1) is 5.10 Å². The van der Waals surface area contributed by atoms with Crippen molar-refractivity contribution in [3.63, 3.8) is 0 Å². The Morgan fingerprint density at radius 3 is 1.76 bits per heavy atom. The van der Waals surface area contributed by atoms with Gasteiger partial charge in [0.25, 0.3) is 0 Å². The molecule has 3 nitrogen and oxygen atoms in total. The van der Waals surface area contributed by atoms with Crippen LogP contribution in [0.5, 0.6) is 0 Å². The van der Waals surface area contributed by atoms with Crippen LogP contribution in [0.4, 0.5) is 0 Å². The molecule has 0 aliphatic rings. The molecule has 0 saturated carbocycles. The van der Waals surface area contributed by atoms with Gasteiger partial charge in [0.1, 0.15) is 0 Å². The van der Waals surface area contributed by atoms with Gasteiger partial charge in [-0.2, -0.15) is 5.53 Å². The molecule has 0 aliphatic heterocycles. The quantitative estimate of drug-likeness (QED) is 0.0823. The summed E-state index contributed by atoms with van der Waals surface area (Å²) >= 11 is 0. The maximum Gasteiger partial charge on any atom is 0.0362 e. The van der Waals surface area contributed by atoms with Crippen LogP contribution in [0, 0.1) is 12.5 Å². The second kappa shape index (κ2) is 18.8. The number of hydrogen-bond acceptors (Lipinski definition) is 2. The molecular formula is C38H47N3. The Morgan fingerprint density at radius 1 is 0.707 bits per heavy atom. The maximum absolute atomic E-state index is 6.17. The van der Waals surface area contributed by atoms with Crippen LogP contribution >= 0.6 is 0 Å². The minimum absolute atomic E-state index is 0. The van der Waals surface area contributed by atoms with Crippen LogP contribution in [0.15, 0.2) is 126 Å². The van der Waals surface area contributed by atoms with E-state index in [1.165, 1.54) is 56.5 Å². The summed E-state index contributed by atoms with van der Waals surface area (Å²) in [6.45, 7) is 14.4. The molecule has 0 spiro atoms. The van der Waals surface area contributed by atoms with E-state index in [4.69, 9.17) is 5.53 Å². The van der Waals surface area contributed by atoms with Crippen molar-refractivity contribution in [3.05, 3.63) is 138 Å². The van der Waals surface area contributed by atoms with Crippen molar-refractivity contribution < 1.29 is 0 Å². The van der Waals surface area contributed by atoms with Crippen LogP contribution in [0.1, 0.15) is 77.6 Å². The van der Waals surface area contributed by atoms with Gasteiger partial charge in [-0.25, -0.2) is 0 Å². The maximum atomic E-state index is 6.17. The molecule has 214 valence electrons. The van der Waals surface area contributed by atoms with Gasteiger partial charge < -0.3 is 0 Å². The monoisotopic (exact) mass is 545 g/mol. The highest BCUT2D eigenvalue weighted by atomic mass is 15.3. The first-order chi connectivity index (χ1) is 19.3. The van der Waals surface area contributed by atoms with Crippen molar-refractivity contribution >= 4 is 22.4 Å². The first-order valence-electron chi connectivity index (χ1n) is 13.9. The second-order valence-electron chi connectivity index (χ2n) is 9.87. The molecule has 0 radical (unpaired) electrons. The third-order valence-electron chi connectivity index (χ3n) is 5.99. The van der Waals surface area contributed by atoms with Crippen molar-refractivity contribution in [3.8, 4) is 11.1 Å². The van der Waals surface area contributed by atoms with E-state index in [0.29, 0.717) is 0 Å². The lowest BCUT2D eigenvalue weighted by Gasteiger charge is -2.14. The average molecular weight is 546 g/mol. The Morgan fingerprint density at radius 2 is 1.24 bits per heavy atom. The van der Waals surface area contributed by atoms with Gasteiger partial charge in [-0.05, 0) is 79.2 Å². The van der Waals surface area contributed by atoms with E-state index < -0.39 is 0 Å². The van der Waals surface area contributed by atoms with Gasteiger partial charge in [-0.3, -0.25) is 0 Å². The lowest BCUT2D eigenvalue weighted by atomic mass is 9.90. The van der Waals surface area contributed by atoms with E-state index in [0.717, 1.165) is 5.71 Å². The third kappa shape index (κ3) is 11.3. The highest BCUT2D eigenvalue weighted by Crippen LogP contribution is 2.34. The topological polar surface area (TPSA) is 48.6 Å². The SMILES string of the molecule is C.C/C(=C(\C=C(/C)c1ccccc1-c1cccc(C)c1)c1ccccc1)c1ccccc1.CC(C)=NN=N.CCC. The van der Waals surface area contributed by atoms with Crippen molar-refractivity contribution in [1.82, 2.24) is 0 Å². The standard InChI is InChI=1S/C31H28.C3H7N3.C3H8.CH4/c1-23-13-12-18-28(21-23)30-20-11-10-19-29(30)24(2)22-31(27-16-8-5-9-17-27)25(3)26-14-6-4-7-15-26;1-3(2)5-6-4;1-3-2;/h4-22H,1-3H3;4H,1-2H3;3H2,1-2H3;1H4/b24-22+,31-25-;;;. The molecule has 0 aliphatic carbocycles. The summed E-state index contributed by atoms with van der Waals surface area (Å²) in [7, 11) is 0. The highest BCUT2D eigenvalue weighted by Gasteiger charge is 2.10. The van der Waals surface area contributed by atoms with E-state index in [-0.39, 0.29) is 7.43 Å². The Balaban J connectivity index is 0.000000737. The summed E-state index contributed by atoms with van der Waals surface area (Å²) in [4.78, 5) is 0. The van der Waals surface area contributed by atoms with E-state index in [1.807, 2.05) is 0 Å². The Labute approximate surface area is 248 Å². The van der Waals surface area contributed by atoms with Crippen LogP contribution in [0.3, 0.4) is 0 Å². The van der Waals surface area contributed by atoms with Crippen molar-refractivity contribution in [2.24, 2.45) is 10.3 Å². The molecule has 3 heteroatoms. The molecule has 4 aromatic rings. The lowest BCUT2D eigenvalue weighted by Crippen LogP contribution is -1.91. The molecule has 0 fully saturated rings. The van der Waals surface area contributed by atoms with Gasteiger partial charge >= 0.3 is 0 Å². The smallest absolute Gasteiger partial charge is 0.0362 e. The van der Waals surface area contributed by atoms with Gasteiger partial charge in [0, 0.05) is 5.71 Å². The predicted molar refractivity (Wildman–Crippen MR) is 182 cm³/mol. The van der Waals surface area contributed by atoms with Gasteiger partial charge in [0.2, 0.25) is 0 Å². The number of nitrogens with zero attached hydrogens (tertiary/aromatic N) is 2. The molecule has 0 heterocycles. The lowest BCUT2D eigenvalue weighted by molar-refractivity contribution is 0.986. The first-order valence-corrected chi connectivity index (χ1v) is 13.9. The summed E-state index contributed by atoms with van der Waals surface area (Å²) in [5.41, 5.74) is 18.3. The molecule has 0 saturated heterocycles. The number of nitrogens with one attached hydrogen (secondary N) is 1. The third-order valence-corrected chi connectivity index (χ3v) is 5.99. The second-order valence-corrected chi connectivity index (χ2v) is 9.87. The number of benzene rings is 4. The molecule has 41 heavy (non-hydrogen) atoms. The van der Waals surface area contributed by atoms with E-state index in [9.17, 15) is 0 Å². The molecule has 0 bridgehead atoms. The minimum atomic E-state index is 0. The van der Waals surface area contributed by atoms with Crippen LogP contribution < -0.4 is 0 Å². The van der Waals surface area contributed by atoms with Gasteiger partial charge in [-0.1, -0.05) is 154 Å². The highest BCUT2D eigenvalue weighted by molar-refractivity contribution is 5.99. The fourth-order valence-corrected chi connectivity index (χ4v) is 4.16. The van der Waals surface area contributed by atoms with Crippen LogP contribution in [0.2, 0.25) is 0 Å². The molecule has 0 atom stereocenters. The summed E-state index contributed by atoms with van der Waals surface area (Å²) in [6, 6.07) is 38.7. The molecule has 4 aromatic carbocycles. The summed E-state index contributed by atoms with van der Waals surface area (Å²) in [5, 5.41) is 6.11. The van der Waals surface area contributed by atoms with E-state index >= 15 is 0 Å². The zero-order valence-corrected chi connectivity index (χ0v) is 25.1. The number of rotatable bonds is 6. The number of aryl methyl sites for hydroxylation is 1. The normalized spacial score (nSPS) is 10.9. The van der Waals surface area contributed by atoms with Gasteiger partial charge in [0.15, 0.2) is 0 Å². The van der Waals surface area contributed by atoms with Crippen molar-refractivity contribution in [2.75, 3.05) is 0 Å². The summed E-state index contributed by atoms with van der Waals surface area (Å²) in [5.74, 6) is 0. The summed E-state index contributed by atoms with van der Waals surface area (Å²) < 4.78 is 0. The van der Waals surface area contributed by atoms with Crippen LogP contribution in [-0.2, 0) is 0 Å². The average Bonchev–Trinajstić information content (AvgIpc) is 2.97. The molecule has 4 rings (SSSR count). The van der Waals surface area contributed by atoms with E-state index in [2.05, 4.69) is 160 Å². The largest absolute Gasteiger partial charge is 0.185 e. The van der Waals surface area contributed by atoms with E-state index in [1.54, 1.807) is 13.8 Å². The van der Waals surface area contributed by atoms with Gasteiger partial charge in [0.05, 0.1) is 0 Å². The molecule has 1 N–H and O–H groups in total. The van der Waals surface area contributed by atoms with Crippen molar-refractivity contribution in [2.45, 2.75) is 62.3 Å². The fourth-order valence-electron chi connectivity index (χ4n) is 4.16. The Bertz CT molecular complexity index is 1420. The summed E-state index contributed by atoms with van der Waals surface area (Å²) in [6.07, 6.45) is 3.59. The molecule has 0 aromatic heterocycles. The number of allylic oxidation sites excluding steroid dienone is 4. The Kier molecular flexibility index (Phi) is 15.9. The minimum Gasteiger partial charge on any atom is -0.185 e.